The third kappa shape index (κ3) is 5.07. The number of ether oxygens (including phenoxy) is 4. The molecule has 0 aromatic heterocycles. The van der Waals surface area contributed by atoms with Gasteiger partial charge in [-0.3, -0.25) is 9.59 Å². The van der Waals surface area contributed by atoms with Crippen LogP contribution in [0.15, 0.2) is 24.3 Å². The second kappa shape index (κ2) is 8.65. The molecule has 9 nitrogen and oxygen atoms in total. The maximum absolute atomic E-state index is 11.9. The third-order valence-corrected chi connectivity index (χ3v) is 3.15. The van der Waals surface area contributed by atoms with Crippen LogP contribution in [0.3, 0.4) is 0 Å². The quantitative estimate of drug-likeness (QED) is 0.436. The second-order valence-electron chi connectivity index (χ2n) is 5.05. The summed E-state index contributed by atoms with van der Waals surface area (Å²) in [7, 11) is 0. The lowest BCUT2D eigenvalue weighted by Crippen LogP contribution is -2.21. The van der Waals surface area contributed by atoms with Gasteiger partial charge >= 0.3 is 11.9 Å². The molecule has 1 aliphatic heterocycles. The normalized spacial score (nSPS) is 11.9. The standard InChI is InChI=1S/C17H17NO8/c1-3-23-16(21)4-5-17(22)24-8-15(20)18-12-7-14-13(25-9-26-14)6-11(12)10(2)19/h4-7H,3,8-9H2,1-2H3,(H,18,20)/b5-4+. The summed E-state index contributed by atoms with van der Waals surface area (Å²) < 4.78 is 19.7. The highest BCUT2D eigenvalue weighted by molar-refractivity contribution is 6.05. The highest BCUT2D eigenvalue weighted by Gasteiger charge is 2.20. The van der Waals surface area contributed by atoms with Crippen LogP contribution < -0.4 is 14.8 Å². The van der Waals surface area contributed by atoms with Crippen LogP contribution in [0.1, 0.15) is 24.2 Å². The fraction of sp³-hybridized carbons (Fsp3) is 0.294. The highest BCUT2D eigenvalue weighted by atomic mass is 16.7. The first kappa shape index (κ1) is 19.0. The van der Waals surface area contributed by atoms with E-state index in [1.807, 2.05) is 0 Å². The Hall–Kier alpha value is -3.36. The molecular weight excluding hydrogens is 346 g/mol. The topological polar surface area (TPSA) is 117 Å². The van der Waals surface area contributed by atoms with E-state index < -0.39 is 24.5 Å². The number of hydrogen-bond acceptors (Lipinski definition) is 8. The maximum Gasteiger partial charge on any atom is 0.331 e. The van der Waals surface area contributed by atoms with Gasteiger partial charge in [0.05, 0.1) is 12.3 Å². The molecule has 0 fully saturated rings. The lowest BCUT2D eigenvalue weighted by molar-refractivity contribution is -0.143. The molecule has 0 bridgehead atoms. The molecule has 0 aliphatic carbocycles. The molecule has 2 rings (SSSR count). The number of amides is 1. The molecule has 9 heteroatoms. The lowest BCUT2D eigenvalue weighted by atomic mass is 10.1. The number of Topliss-reactive ketones (excluding diaryl/α,β-unsaturated/α-hetero) is 1. The average molecular weight is 363 g/mol. The van der Waals surface area contributed by atoms with Gasteiger partial charge in [0.15, 0.2) is 23.9 Å². The zero-order valence-electron chi connectivity index (χ0n) is 14.2. The van der Waals surface area contributed by atoms with Crippen molar-refractivity contribution in [2.75, 3.05) is 25.3 Å². The van der Waals surface area contributed by atoms with Gasteiger partial charge < -0.3 is 24.3 Å². The minimum atomic E-state index is -0.884. The van der Waals surface area contributed by atoms with Gasteiger partial charge in [-0.15, -0.1) is 0 Å². The predicted molar refractivity (Wildman–Crippen MR) is 87.9 cm³/mol. The molecule has 0 radical (unpaired) electrons. The molecule has 1 aromatic rings. The number of rotatable bonds is 7. The van der Waals surface area contributed by atoms with Crippen LogP contribution in [0.4, 0.5) is 5.69 Å². The molecule has 0 saturated carbocycles. The van der Waals surface area contributed by atoms with Gasteiger partial charge in [0.2, 0.25) is 6.79 Å². The number of ketones is 1. The minimum Gasteiger partial charge on any atom is -0.463 e. The van der Waals surface area contributed by atoms with Crippen LogP contribution >= 0.6 is 0 Å². The second-order valence-corrected chi connectivity index (χ2v) is 5.05. The Morgan fingerprint density at radius 3 is 2.31 bits per heavy atom. The van der Waals surface area contributed by atoms with Crippen LogP contribution in [-0.2, 0) is 23.9 Å². The molecule has 138 valence electrons. The zero-order valence-corrected chi connectivity index (χ0v) is 14.2. The van der Waals surface area contributed by atoms with E-state index >= 15 is 0 Å². The van der Waals surface area contributed by atoms with Gasteiger partial charge in [-0.2, -0.15) is 0 Å². The Morgan fingerprint density at radius 2 is 1.69 bits per heavy atom. The molecule has 0 saturated heterocycles. The van der Waals surface area contributed by atoms with E-state index in [0.717, 1.165) is 12.2 Å². The molecule has 1 aliphatic rings. The van der Waals surface area contributed by atoms with E-state index in [1.165, 1.54) is 19.1 Å². The number of carbonyl (C=O) groups excluding carboxylic acids is 4. The Morgan fingerprint density at radius 1 is 1.08 bits per heavy atom. The first-order valence-electron chi connectivity index (χ1n) is 7.66. The van der Waals surface area contributed by atoms with Gasteiger partial charge in [-0.25, -0.2) is 9.59 Å². The van der Waals surface area contributed by atoms with Crippen molar-refractivity contribution < 1.29 is 38.1 Å². The largest absolute Gasteiger partial charge is 0.463 e. The Bertz CT molecular complexity index is 768. The van der Waals surface area contributed by atoms with Crippen molar-refractivity contribution in [3.8, 4) is 11.5 Å². The minimum absolute atomic E-state index is 0.0223. The van der Waals surface area contributed by atoms with E-state index in [1.54, 1.807) is 6.92 Å². The van der Waals surface area contributed by atoms with E-state index in [0.29, 0.717) is 11.5 Å². The van der Waals surface area contributed by atoms with Crippen LogP contribution in [0.2, 0.25) is 0 Å². The molecular formula is C17H17NO8. The zero-order chi connectivity index (χ0) is 19.1. The predicted octanol–water partition coefficient (Wildman–Crippen LogP) is 1.22. The van der Waals surface area contributed by atoms with E-state index in [2.05, 4.69) is 10.1 Å². The molecule has 1 N–H and O–H groups in total. The van der Waals surface area contributed by atoms with Gasteiger partial charge in [-0.1, -0.05) is 0 Å². The number of anilines is 1. The lowest BCUT2D eigenvalue weighted by Gasteiger charge is -2.10. The Balaban J connectivity index is 1.95. The highest BCUT2D eigenvalue weighted by Crippen LogP contribution is 2.37. The van der Waals surface area contributed by atoms with Gasteiger partial charge in [0, 0.05) is 23.8 Å². The van der Waals surface area contributed by atoms with E-state index in [-0.39, 0.29) is 30.4 Å². The van der Waals surface area contributed by atoms with Crippen molar-refractivity contribution in [1.82, 2.24) is 0 Å². The SMILES string of the molecule is CCOC(=O)/C=C/C(=O)OCC(=O)Nc1cc2c(cc1C(C)=O)OCO2. The maximum atomic E-state index is 11.9. The summed E-state index contributed by atoms with van der Waals surface area (Å²) >= 11 is 0. The molecule has 26 heavy (non-hydrogen) atoms. The Labute approximate surface area is 148 Å². The van der Waals surface area contributed by atoms with Crippen LogP contribution in [0.5, 0.6) is 11.5 Å². The van der Waals surface area contributed by atoms with Crippen molar-refractivity contribution >= 4 is 29.3 Å². The molecule has 1 heterocycles. The Kier molecular flexibility index (Phi) is 6.31. The van der Waals surface area contributed by atoms with Crippen LogP contribution in [0, 0.1) is 0 Å². The van der Waals surface area contributed by atoms with Crippen LogP contribution in [-0.4, -0.2) is 43.6 Å². The van der Waals surface area contributed by atoms with E-state index in [9.17, 15) is 19.2 Å². The number of hydrogen-bond donors (Lipinski definition) is 1. The molecule has 1 amide bonds. The fourth-order valence-electron chi connectivity index (χ4n) is 2.03. The van der Waals surface area contributed by atoms with E-state index in [4.69, 9.17) is 14.2 Å². The van der Waals surface area contributed by atoms with Crippen molar-refractivity contribution in [2.24, 2.45) is 0 Å². The number of fused-ring (bicyclic) bond motifs is 1. The molecule has 0 atom stereocenters. The third-order valence-electron chi connectivity index (χ3n) is 3.15. The molecule has 0 spiro atoms. The van der Waals surface area contributed by atoms with Crippen molar-refractivity contribution in [3.63, 3.8) is 0 Å². The summed E-state index contributed by atoms with van der Waals surface area (Å²) in [6, 6.07) is 2.92. The van der Waals surface area contributed by atoms with Gasteiger partial charge in [0.25, 0.3) is 5.91 Å². The smallest absolute Gasteiger partial charge is 0.331 e. The molecule has 0 unspecified atom stereocenters. The van der Waals surface area contributed by atoms with Crippen molar-refractivity contribution in [1.29, 1.82) is 0 Å². The first-order chi connectivity index (χ1) is 12.4. The summed E-state index contributed by atoms with van der Waals surface area (Å²) in [4.78, 5) is 46.2. The molecule has 1 aromatic carbocycles. The van der Waals surface area contributed by atoms with Gasteiger partial charge in [0.1, 0.15) is 0 Å². The van der Waals surface area contributed by atoms with Gasteiger partial charge in [-0.05, 0) is 19.9 Å². The summed E-state index contributed by atoms with van der Waals surface area (Å²) in [5.74, 6) is -1.73. The first-order valence-corrected chi connectivity index (χ1v) is 7.66. The van der Waals surface area contributed by atoms with Crippen molar-refractivity contribution in [2.45, 2.75) is 13.8 Å². The fourth-order valence-corrected chi connectivity index (χ4v) is 2.03. The van der Waals surface area contributed by atoms with Crippen molar-refractivity contribution in [3.05, 3.63) is 29.8 Å². The number of esters is 2. The monoisotopic (exact) mass is 363 g/mol. The number of carbonyl (C=O) groups is 4. The summed E-state index contributed by atoms with van der Waals surface area (Å²) in [6.45, 7) is 2.56. The number of nitrogens with one attached hydrogen (secondary N) is 1. The summed E-state index contributed by atoms with van der Waals surface area (Å²) in [5.41, 5.74) is 0.445. The van der Waals surface area contributed by atoms with Crippen LogP contribution in [0.25, 0.3) is 0 Å². The summed E-state index contributed by atoms with van der Waals surface area (Å²) in [5, 5.41) is 2.47. The number of benzene rings is 1. The average Bonchev–Trinajstić information content (AvgIpc) is 3.05. The summed E-state index contributed by atoms with van der Waals surface area (Å²) in [6.07, 6.45) is 1.75.